The lowest BCUT2D eigenvalue weighted by atomic mass is 9.94. The number of rotatable bonds is 7. The van der Waals surface area contributed by atoms with Gasteiger partial charge in [0.05, 0.1) is 5.56 Å². The molecule has 110 valence electrons. The summed E-state index contributed by atoms with van der Waals surface area (Å²) < 4.78 is 13.3. The van der Waals surface area contributed by atoms with Crippen molar-refractivity contribution in [3.63, 3.8) is 0 Å². The molecule has 0 radical (unpaired) electrons. The summed E-state index contributed by atoms with van der Waals surface area (Å²) in [6.45, 7) is 4.17. The quantitative estimate of drug-likeness (QED) is 0.750. The summed E-state index contributed by atoms with van der Waals surface area (Å²) in [6.07, 6.45) is 1.92. The van der Waals surface area contributed by atoms with Crippen LogP contribution in [0.25, 0.3) is 0 Å². The Hall–Kier alpha value is -1.98. The van der Waals surface area contributed by atoms with Gasteiger partial charge in [0.15, 0.2) is 0 Å². The minimum absolute atomic E-state index is 0.0199. The van der Waals surface area contributed by atoms with Crippen LogP contribution in [-0.2, 0) is 4.79 Å². The molecule has 5 nitrogen and oxygen atoms in total. The number of pyridine rings is 1. The fourth-order valence-electron chi connectivity index (χ4n) is 2.04. The van der Waals surface area contributed by atoms with E-state index in [1.807, 2.05) is 13.8 Å². The van der Waals surface area contributed by atoms with Crippen LogP contribution in [0.3, 0.4) is 0 Å². The van der Waals surface area contributed by atoms with Crippen molar-refractivity contribution < 1.29 is 19.1 Å². The van der Waals surface area contributed by atoms with Crippen molar-refractivity contribution in [3.05, 3.63) is 29.8 Å². The topological polar surface area (TPSA) is 79.3 Å². The summed E-state index contributed by atoms with van der Waals surface area (Å²) in [5, 5.41) is 11.4. The molecule has 1 atom stereocenters. The maximum atomic E-state index is 13.3. The van der Waals surface area contributed by atoms with Crippen LogP contribution in [0.2, 0.25) is 0 Å². The summed E-state index contributed by atoms with van der Waals surface area (Å²) >= 11 is 0. The predicted octanol–water partition coefficient (Wildman–Crippen LogP) is 2.09. The molecule has 2 N–H and O–H groups in total. The molecule has 1 aromatic heterocycles. The van der Waals surface area contributed by atoms with E-state index < -0.39 is 17.8 Å². The van der Waals surface area contributed by atoms with Crippen LogP contribution in [0.4, 0.5) is 4.39 Å². The van der Waals surface area contributed by atoms with Gasteiger partial charge in [-0.05, 0) is 30.4 Å². The lowest BCUT2D eigenvalue weighted by Gasteiger charge is -2.17. The van der Waals surface area contributed by atoms with E-state index >= 15 is 0 Å². The number of aromatic nitrogens is 1. The van der Waals surface area contributed by atoms with Gasteiger partial charge in [-0.15, -0.1) is 0 Å². The summed E-state index contributed by atoms with van der Waals surface area (Å²) in [7, 11) is 0. The zero-order chi connectivity index (χ0) is 15.1. The predicted molar refractivity (Wildman–Crippen MR) is 71.7 cm³/mol. The third-order valence-corrected chi connectivity index (χ3v) is 2.82. The second-order valence-corrected chi connectivity index (χ2v) is 5.15. The number of nitrogens with one attached hydrogen (secondary N) is 1. The minimum Gasteiger partial charge on any atom is -0.481 e. The summed E-state index contributed by atoms with van der Waals surface area (Å²) in [5.74, 6) is -2.15. The molecule has 1 rings (SSSR count). The van der Waals surface area contributed by atoms with E-state index in [-0.39, 0.29) is 24.4 Å². The van der Waals surface area contributed by atoms with Crippen LogP contribution in [-0.4, -0.2) is 28.5 Å². The lowest BCUT2D eigenvalue weighted by molar-refractivity contribution is -0.138. The number of carbonyl (C=O) groups excluding carboxylic acids is 1. The van der Waals surface area contributed by atoms with Gasteiger partial charge in [0.1, 0.15) is 0 Å². The molecule has 1 amide bonds. The molecule has 0 aliphatic heterocycles. The van der Waals surface area contributed by atoms with E-state index in [1.165, 1.54) is 18.3 Å². The van der Waals surface area contributed by atoms with E-state index in [1.54, 1.807) is 0 Å². The molecule has 1 aromatic rings. The minimum atomic E-state index is -0.905. The first-order valence-electron chi connectivity index (χ1n) is 6.50. The van der Waals surface area contributed by atoms with Crippen LogP contribution in [0.1, 0.15) is 37.0 Å². The highest BCUT2D eigenvalue weighted by Gasteiger charge is 2.18. The number of hydrogen-bond donors (Lipinski definition) is 2. The number of carboxylic acid groups (broad SMARTS) is 1. The number of hydrogen-bond acceptors (Lipinski definition) is 3. The van der Waals surface area contributed by atoms with Crippen LogP contribution < -0.4 is 5.32 Å². The first-order valence-corrected chi connectivity index (χ1v) is 6.50. The molecular formula is C14H19FN2O3. The first kappa shape index (κ1) is 16.1. The Labute approximate surface area is 117 Å². The Morgan fingerprint density at radius 2 is 2.15 bits per heavy atom. The van der Waals surface area contributed by atoms with Gasteiger partial charge >= 0.3 is 5.97 Å². The van der Waals surface area contributed by atoms with Gasteiger partial charge in [-0.25, -0.2) is 4.98 Å². The normalized spacial score (nSPS) is 12.2. The Morgan fingerprint density at radius 1 is 1.45 bits per heavy atom. The molecule has 20 heavy (non-hydrogen) atoms. The smallest absolute Gasteiger partial charge is 0.303 e. The van der Waals surface area contributed by atoms with Crippen LogP contribution in [0.15, 0.2) is 18.3 Å². The van der Waals surface area contributed by atoms with E-state index in [0.29, 0.717) is 12.3 Å². The molecule has 1 unspecified atom stereocenters. The first-order chi connectivity index (χ1) is 9.40. The van der Waals surface area contributed by atoms with Gasteiger partial charge in [0.2, 0.25) is 5.95 Å². The molecule has 0 aromatic carbocycles. The average molecular weight is 282 g/mol. The van der Waals surface area contributed by atoms with E-state index in [9.17, 15) is 14.0 Å². The molecule has 0 aliphatic rings. The Balaban J connectivity index is 2.60. The second-order valence-electron chi connectivity index (χ2n) is 5.15. The number of carboxylic acids is 1. The van der Waals surface area contributed by atoms with Crippen LogP contribution >= 0.6 is 0 Å². The SMILES string of the molecule is CC(C)CC(CNC(=O)c1cccnc1F)CC(=O)O. The fraction of sp³-hybridized carbons (Fsp3) is 0.500. The van der Waals surface area contributed by atoms with Crippen molar-refractivity contribution in [3.8, 4) is 0 Å². The molecular weight excluding hydrogens is 263 g/mol. The van der Waals surface area contributed by atoms with Crippen molar-refractivity contribution in [2.45, 2.75) is 26.7 Å². The van der Waals surface area contributed by atoms with Gasteiger partial charge in [0, 0.05) is 19.2 Å². The van der Waals surface area contributed by atoms with Crippen molar-refractivity contribution in [2.75, 3.05) is 6.54 Å². The number of aliphatic carboxylic acids is 1. The van der Waals surface area contributed by atoms with Gasteiger partial charge in [-0.2, -0.15) is 4.39 Å². The lowest BCUT2D eigenvalue weighted by Crippen LogP contribution is -2.31. The monoisotopic (exact) mass is 282 g/mol. The molecule has 0 spiro atoms. The third-order valence-electron chi connectivity index (χ3n) is 2.82. The number of amides is 1. The number of nitrogens with zero attached hydrogens (tertiary/aromatic N) is 1. The molecule has 0 saturated carbocycles. The van der Waals surface area contributed by atoms with E-state index in [0.717, 1.165) is 0 Å². The highest BCUT2D eigenvalue weighted by Crippen LogP contribution is 2.15. The maximum Gasteiger partial charge on any atom is 0.303 e. The molecule has 0 fully saturated rings. The Bertz CT molecular complexity index is 477. The fourth-order valence-corrected chi connectivity index (χ4v) is 2.04. The summed E-state index contributed by atoms with van der Waals surface area (Å²) in [5.41, 5.74) is -0.133. The van der Waals surface area contributed by atoms with Crippen molar-refractivity contribution in [1.82, 2.24) is 10.3 Å². The van der Waals surface area contributed by atoms with Crippen molar-refractivity contribution >= 4 is 11.9 Å². The van der Waals surface area contributed by atoms with Gasteiger partial charge in [0.25, 0.3) is 5.91 Å². The van der Waals surface area contributed by atoms with Gasteiger partial charge in [-0.3, -0.25) is 9.59 Å². The number of halogens is 1. The highest BCUT2D eigenvalue weighted by atomic mass is 19.1. The van der Waals surface area contributed by atoms with Gasteiger partial charge in [-0.1, -0.05) is 13.8 Å². The molecule has 1 heterocycles. The zero-order valence-electron chi connectivity index (χ0n) is 11.6. The van der Waals surface area contributed by atoms with Crippen LogP contribution in [0, 0.1) is 17.8 Å². The maximum absolute atomic E-state index is 13.3. The van der Waals surface area contributed by atoms with Gasteiger partial charge < -0.3 is 10.4 Å². The summed E-state index contributed by atoms with van der Waals surface area (Å²) in [6, 6.07) is 2.81. The zero-order valence-corrected chi connectivity index (χ0v) is 11.6. The molecule has 0 bridgehead atoms. The Kier molecular flexibility index (Phi) is 6.09. The van der Waals surface area contributed by atoms with Crippen molar-refractivity contribution in [1.29, 1.82) is 0 Å². The second kappa shape index (κ2) is 7.57. The number of carbonyl (C=O) groups is 2. The van der Waals surface area contributed by atoms with E-state index in [4.69, 9.17) is 5.11 Å². The van der Waals surface area contributed by atoms with Crippen LogP contribution in [0.5, 0.6) is 0 Å². The largest absolute Gasteiger partial charge is 0.481 e. The third kappa shape index (κ3) is 5.34. The standard InChI is InChI=1S/C14H19FN2O3/c1-9(2)6-10(7-12(18)19)8-17-14(20)11-4-3-5-16-13(11)15/h3-5,9-10H,6-8H2,1-2H3,(H,17,20)(H,18,19). The molecule has 6 heteroatoms. The van der Waals surface area contributed by atoms with Crippen molar-refractivity contribution in [2.24, 2.45) is 11.8 Å². The Morgan fingerprint density at radius 3 is 2.70 bits per heavy atom. The summed E-state index contributed by atoms with van der Waals surface area (Å²) in [4.78, 5) is 26.0. The highest BCUT2D eigenvalue weighted by molar-refractivity contribution is 5.94. The van der Waals surface area contributed by atoms with E-state index in [2.05, 4.69) is 10.3 Å². The molecule has 0 aliphatic carbocycles. The molecule has 0 saturated heterocycles. The average Bonchev–Trinajstić information content (AvgIpc) is 2.34.